The maximum atomic E-state index is 12.9. The average molecular weight is 326 g/mol. The van der Waals surface area contributed by atoms with Crippen molar-refractivity contribution in [2.24, 2.45) is 5.92 Å². The van der Waals surface area contributed by atoms with Crippen molar-refractivity contribution < 1.29 is 4.79 Å². The summed E-state index contributed by atoms with van der Waals surface area (Å²) >= 11 is 1.76. The number of aromatic nitrogens is 1. The van der Waals surface area contributed by atoms with Crippen molar-refractivity contribution in [3.63, 3.8) is 0 Å². The fraction of sp³-hybridized carbons (Fsp3) is 0.368. The maximum absolute atomic E-state index is 12.9. The van der Waals surface area contributed by atoms with Gasteiger partial charge in [0.15, 0.2) is 0 Å². The summed E-state index contributed by atoms with van der Waals surface area (Å²) in [6, 6.07) is 8.18. The third kappa shape index (κ3) is 4.52. The van der Waals surface area contributed by atoms with Gasteiger partial charge in [0.25, 0.3) is 0 Å². The van der Waals surface area contributed by atoms with E-state index in [4.69, 9.17) is 0 Å². The first-order valence-electron chi connectivity index (χ1n) is 8.18. The van der Waals surface area contributed by atoms with Crippen LogP contribution in [-0.4, -0.2) is 22.3 Å². The lowest BCUT2D eigenvalue weighted by atomic mass is 9.93. The largest absolute Gasteiger partial charge is 0.338 e. The minimum absolute atomic E-state index is 0.139. The normalized spacial score (nSPS) is 17.1. The fourth-order valence-electron chi connectivity index (χ4n) is 2.96. The molecular formula is C19H22N2OS. The van der Waals surface area contributed by atoms with Gasteiger partial charge in [0.1, 0.15) is 0 Å². The Morgan fingerprint density at radius 3 is 2.96 bits per heavy atom. The highest BCUT2D eigenvalue weighted by Gasteiger charge is 2.24. The first-order chi connectivity index (χ1) is 11.3. The number of amides is 1. The van der Waals surface area contributed by atoms with Crippen molar-refractivity contribution in [1.29, 1.82) is 0 Å². The van der Waals surface area contributed by atoms with E-state index in [2.05, 4.69) is 34.6 Å². The van der Waals surface area contributed by atoms with E-state index in [1.54, 1.807) is 17.5 Å². The van der Waals surface area contributed by atoms with Crippen LogP contribution in [0.15, 0.2) is 54.2 Å². The summed E-state index contributed by atoms with van der Waals surface area (Å²) in [7, 11) is 0. The Hall–Kier alpha value is -1.94. The van der Waals surface area contributed by atoms with E-state index < -0.39 is 0 Å². The van der Waals surface area contributed by atoms with Gasteiger partial charge in [-0.25, -0.2) is 0 Å². The maximum Gasteiger partial charge on any atom is 0.226 e. The third-order valence-electron chi connectivity index (χ3n) is 4.23. The molecule has 0 fully saturated rings. The highest BCUT2D eigenvalue weighted by atomic mass is 32.1. The molecule has 0 N–H and O–H groups in total. The van der Waals surface area contributed by atoms with Gasteiger partial charge in [-0.05, 0) is 48.8 Å². The van der Waals surface area contributed by atoms with Gasteiger partial charge in [0, 0.05) is 36.3 Å². The van der Waals surface area contributed by atoms with E-state index in [0.717, 1.165) is 37.8 Å². The predicted octanol–water partition coefficient (Wildman–Crippen LogP) is 4.07. The summed E-state index contributed by atoms with van der Waals surface area (Å²) in [6.45, 7) is 1.42. The van der Waals surface area contributed by atoms with Gasteiger partial charge < -0.3 is 4.90 Å². The molecule has 0 aromatic carbocycles. The first-order valence-corrected chi connectivity index (χ1v) is 9.06. The van der Waals surface area contributed by atoms with E-state index in [9.17, 15) is 4.79 Å². The molecule has 0 bridgehead atoms. The summed E-state index contributed by atoms with van der Waals surface area (Å²) in [5.74, 6) is 0.426. The molecule has 3 rings (SSSR count). The molecule has 0 unspecified atom stereocenters. The molecule has 0 saturated heterocycles. The molecular weight excluding hydrogens is 304 g/mol. The minimum Gasteiger partial charge on any atom is -0.338 e. The van der Waals surface area contributed by atoms with Gasteiger partial charge in [-0.15, -0.1) is 11.3 Å². The summed E-state index contributed by atoms with van der Waals surface area (Å²) in [4.78, 5) is 20.5. The zero-order valence-corrected chi connectivity index (χ0v) is 14.0. The molecule has 0 radical (unpaired) electrons. The molecule has 120 valence electrons. The molecule has 1 aliphatic carbocycles. The number of nitrogens with zero attached hydrogens (tertiary/aromatic N) is 2. The van der Waals surface area contributed by atoms with E-state index in [-0.39, 0.29) is 11.8 Å². The van der Waals surface area contributed by atoms with Crippen molar-refractivity contribution in [3.05, 3.63) is 64.6 Å². The van der Waals surface area contributed by atoms with Crippen molar-refractivity contribution >= 4 is 17.2 Å². The van der Waals surface area contributed by atoms with Crippen LogP contribution in [0, 0.1) is 5.92 Å². The SMILES string of the molecule is O=C([C@H]1CC=CCC1)N(CCc1cccs1)Cc1cccnc1. The number of hydrogen-bond donors (Lipinski definition) is 0. The van der Waals surface area contributed by atoms with Crippen molar-refractivity contribution in [2.45, 2.75) is 32.2 Å². The lowest BCUT2D eigenvalue weighted by molar-refractivity contribution is -0.136. The minimum atomic E-state index is 0.139. The molecule has 23 heavy (non-hydrogen) atoms. The van der Waals surface area contributed by atoms with Crippen molar-refractivity contribution in [3.8, 4) is 0 Å². The van der Waals surface area contributed by atoms with Crippen molar-refractivity contribution in [2.75, 3.05) is 6.54 Å². The summed E-state index contributed by atoms with van der Waals surface area (Å²) < 4.78 is 0. The molecule has 1 amide bonds. The number of thiophene rings is 1. The van der Waals surface area contributed by atoms with E-state index in [1.807, 2.05) is 23.2 Å². The molecule has 2 heterocycles. The van der Waals surface area contributed by atoms with Gasteiger partial charge in [0.2, 0.25) is 5.91 Å². The summed E-state index contributed by atoms with van der Waals surface area (Å²) in [5.41, 5.74) is 1.10. The second kappa shape index (κ2) is 8.06. The van der Waals surface area contributed by atoms with Crippen LogP contribution in [0.4, 0.5) is 0 Å². The van der Waals surface area contributed by atoms with Crippen LogP contribution in [0.2, 0.25) is 0 Å². The van der Waals surface area contributed by atoms with Crippen molar-refractivity contribution in [1.82, 2.24) is 9.88 Å². The van der Waals surface area contributed by atoms with Gasteiger partial charge in [-0.3, -0.25) is 9.78 Å². The lowest BCUT2D eigenvalue weighted by Crippen LogP contribution is -2.37. The Bertz CT molecular complexity index is 637. The molecule has 1 aliphatic rings. The second-order valence-electron chi connectivity index (χ2n) is 5.93. The fourth-order valence-corrected chi connectivity index (χ4v) is 3.65. The molecule has 4 heteroatoms. The molecule has 2 aromatic rings. The first kappa shape index (κ1) is 15.9. The highest BCUT2D eigenvalue weighted by Crippen LogP contribution is 2.22. The molecule has 2 aromatic heterocycles. The van der Waals surface area contributed by atoms with Gasteiger partial charge in [-0.1, -0.05) is 24.3 Å². The molecule has 0 saturated carbocycles. The Morgan fingerprint density at radius 2 is 2.26 bits per heavy atom. The monoisotopic (exact) mass is 326 g/mol. The molecule has 0 spiro atoms. The van der Waals surface area contributed by atoms with Gasteiger partial charge >= 0.3 is 0 Å². The number of pyridine rings is 1. The zero-order chi connectivity index (χ0) is 15.9. The zero-order valence-electron chi connectivity index (χ0n) is 13.2. The Morgan fingerprint density at radius 1 is 1.30 bits per heavy atom. The Labute approximate surface area is 141 Å². The topological polar surface area (TPSA) is 33.2 Å². The number of rotatable bonds is 6. The van der Waals surface area contributed by atoms with E-state index >= 15 is 0 Å². The third-order valence-corrected chi connectivity index (χ3v) is 5.17. The number of carbonyl (C=O) groups is 1. The van der Waals surface area contributed by atoms with Crippen LogP contribution in [-0.2, 0) is 17.8 Å². The summed E-state index contributed by atoms with van der Waals surface area (Å²) in [5, 5.41) is 2.09. The van der Waals surface area contributed by atoms with Crippen LogP contribution >= 0.6 is 11.3 Å². The summed E-state index contributed by atoms with van der Waals surface area (Å²) in [6.07, 6.45) is 11.7. The van der Waals surface area contributed by atoms with Crippen LogP contribution in [0.1, 0.15) is 29.7 Å². The quantitative estimate of drug-likeness (QED) is 0.750. The average Bonchev–Trinajstić information content (AvgIpc) is 3.13. The highest BCUT2D eigenvalue weighted by molar-refractivity contribution is 7.09. The van der Waals surface area contributed by atoms with Crippen LogP contribution in [0.5, 0.6) is 0 Å². The Balaban J connectivity index is 1.69. The van der Waals surface area contributed by atoms with Crippen LogP contribution in [0.25, 0.3) is 0 Å². The predicted molar refractivity (Wildman–Crippen MR) is 94.2 cm³/mol. The molecule has 0 aliphatic heterocycles. The number of hydrogen-bond acceptors (Lipinski definition) is 3. The van der Waals surface area contributed by atoms with E-state index in [0.29, 0.717) is 6.54 Å². The van der Waals surface area contributed by atoms with Gasteiger partial charge in [0.05, 0.1) is 0 Å². The molecule has 1 atom stereocenters. The Kier molecular flexibility index (Phi) is 5.59. The second-order valence-corrected chi connectivity index (χ2v) is 6.96. The van der Waals surface area contributed by atoms with Gasteiger partial charge in [-0.2, -0.15) is 0 Å². The van der Waals surface area contributed by atoms with Crippen LogP contribution in [0.3, 0.4) is 0 Å². The van der Waals surface area contributed by atoms with Crippen LogP contribution < -0.4 is 0 Å². The standard InChI is InChI=1S/C19H22N2OS/c22-19(17-7-2-1-3-8-17)21(12-10-18-9-5-13-23-18)15-16-6-4-11-20-14-16/h1-2,4-6,9,11,13-14,17H,3,7-8,10,12,15H2/t17-/m0/s1. The molecule has 3 nitrogen and oxygen atoms in total. The number of carbonyl (C=O) groups excluding carboxylic acids is 1. The smallest absolute Gasteiger partial charge is 0.226 e. The lowest BCUT2D eigenvalue weighted by Gasteiger charge is -2.28. The van der Waals surface area contributed by atoms with E-state index in [1.165, 1.54) is 4.88 Å². The number of allylic oxidation sites excluding steroid dienone is 2.